The van der Waals surface area contributed by atoms with Crippen molar-refractivity contribution in [2.75, 3.05) is 0 Å². The van der Waals surface area contributed by atoms with E-state index in [9.17, 15) is 4.79 Å². The molecule has 1 N–H and O–H groups in total. The predicted octanol–water partition coefficient (Wildman–Crippen LogP) is 2.23. The zero-order valence-corrected chi connectivity index (χ0v) is 10.9. The molecule has 2 aromatic rings. The molecule has 2 aromatic heterocycles. The number of carbonyl (C=O) groups excluding carboxylic acids is 1. The number of aromatic nitrogens is 2. The van der Waals surface area contributed by atoms with Gasteiger partial charge in [0.1, 0.15) is 5.65 Å². The zero-order valence-electron chi connectivity index (χ0n) is 10.9. The standard InChI is InChI=1S/C14H17N3O/c1-10(2)8-14(18)15-9-12-11(3)16-13-6-4-5-7-17(12)13/h4-8H,9H2,1-3H3,(H,15,18). The molecule has 4 nitrogen and oxygen atoms in total. The van der Waals surface area contributed by atoms with Crippen LogP contribution in [-0.2, 0) is 11.3 Å². The first kappa shape index (κ1) is 12.4. The summed E-state index contributed by atoms with van der Waals surface area (Å²) in [4.78, 5) is 16.0. The molecule has 94 valence electrons. The highest BCUT2D eigenvalue weighted by molar-refractivity contribution is 5.87. The molecule has 2 rings (SSSR count). The van der Waals surface area contributed by atoms with Crippen molar-refractivity contribution >= 4 is 11.6 Å². The topological polar surface area (TPSA) is 46.4 Å². The van der Waals surface area contributed by atoms with Crippen LogP contribution in [0.1, 0.15) is 25.2 Å². The highest BCUT2D eigenvalue weighted by Gasteiger charge is 2.08. The lowest BCUT2D eigenvalue weighted by molar-refractivity contribution is -0.116. The van der Waals surface area contributed by atoms with Crippen LogP contribution in [0.4, 0.5) is 0 Å². The number of aryl methyl sites for hydroxylation is 1. The number of nitrogens with zero attached hydrogens (tertiary/aromatic N) is 2. The summed E-state index contributed by atoms with van der Waals surface area (Å²) in [7, 11) is 0. The summed E-state index contributed by atoms with van der Waals surface area (Å²) < 4.78 is 2.00. The van der Waals surface area contributed by atoms with Gasteiger partial charge in [0.2, 0.25) is 5.91 Å². The Morgan fingerprint density at radius 3 is 2.94 bits per heavy atom. The van der Waals surface area contributed by atoms with Crippen LogP contribution in [0, 0.1) is 6.92 Å². The van der Waals surface area contributed by atoms with Crippen LogP contribution in [0.15, 0.2) is 36.0 Å². The van der Waals surface area contributed by atoms with Crippen molar-refractivity contribution in [3.63, 3.8) is 0 Å². The highest BCUT2D eigenvalue weighted by atomic mass is 16.1. The molecule has 0 aliphatic rings. The van der Waals surface area contributed by atoms with Crippen LogP contribution < -0.4 is 5.32 Å². The van der Waals surface area contributed by atoms with E-state index in [1.807, 2.05) is 49.6 Å². The average Bonchev–Trinajstić information content (AvgIpc) is 2.61. The van der Waals surface area contributed by atoms with Gasteiger partial charge in [-0.1, -0.05) is 11.6 Å². The fraction of sp³-hybridized carbons (Fsp3) is 0.286. The summed E-state index contributed by atoms with van der Waals surface area (Å²) in [5.41, 5.74) is 3.85. The van der Waals surface area contributed by atoms with Crippen LogP contribution in [0.2, 0.25) is 0 Å². The van der Waals surface area contributed by atoms with Crippen LogP contribution in [0.25, 0.3) is 5.65 Å². The molecule has 0 saturated carbocycles. The smallest absolute Gasteiger partial charge is 0.244 e. The van der Waals surface area contributed by atoms with E-state index in [2.05, 4.69) is 10.3 Å². The Balaban J connectivity index is 2.19. The molecule has 0 saturated heterocycles. The van der Waals surface area contributed by atoms with Gasteiger partial charge >= 0.3 is 0 Å². The Labute approximate surface area is 106 Å². The van der Waals surface area contributed by atoms with Crippen LogP contribution >= 0.6 is 0 Å². The molecular formula is C14H17N3O. The number of allylic oxidation sites excluding steroid dienone is 1. The summed E-state index contributed by atoms with van der Waals surface area (Å²) in [6.07, 6.45) is 3.55. The minimum absolute atomic E-state index is 0.0692. The zero-order chi connectivity index (χ0) is 13.1. The summed E-state index contributed by atoms with van der Waals surface area (Å²) in [6.45, 7) is 6.24. The third-order valence-electron chi connectivity index (χ3n) is 2.68. The van der Waals surface area contributed by atoms with E-state index in [-0.39, 0.29) is 5.91 Å². The number of hydrogen-bond acceptors (Lipinski definition) is 2. The number of fused-ring (bicyclic) bond motifs is 1. The van der Waals surface area contributed by atoms with E-state index >= 15 is 0 Å². The number of amides is 1. The Kier molecular flexibility index (Phi) is 3.46. The first-order chi connectivity index (χ1) is 8.58. The van der Waals surface area contributed by atoms with Crippen molar-refractivity contribution in [3.05, 3.63) is 47.4 Å². The van der Waals surface area contributed by atoms with Crippen molar-refractivity contribution in [2.45, 2.75) is 27.3 Å². The molecule has 0 aliphatic carbocycles. The van der Waals surface area contributed by atoms with Gasteiger partial charge in [-0.25, -0.2) is 4.98 Å². The molecule has 4 heteroatoms. The molecule has 0 aliphatic heterocycles. The van der Waals surface area contributed by atoms with E-state index in [0.29, 0.717) is 6.54 Å². The Bertz CT molecular complexity index is 607. The third-order valence-corrected chi connectivity index (χ3v) is 2.68. The molecule has 2 heterocycles. The van der Waals surface area contributed by atoms with Gasteiger partial charge in [-0.15, -0.1) is 0 Å². The Morgan fingerprint density at radius 1 is 1.44 bits per heavy atom. The molecule has 0 spiro atoms. The van der Waals surface area contributed by atoms with Gasteiger partial charge in [-0.05, 0) is 32.9 Å². The van der Waals surface area contributed by atoms with E-state index < -0.39 is 0 Å². The molecule has 0 atom stereocenters. The minimum Gasteiger partial charge on any atom is -0.347 e. The van der Waals surface area contributed by atoms with Crippen LogP contribution in [-0.4, -0.2) is 15.3 Å². The number of carbonyl (C=O) groups is 1. The molecule has 0 unspecified atom stereocenters. The highest BCUT2D eigenvalue weighted by Crippen LogP contribution is 2.11. The molecular weight excluding hydrogens is 226 g/mol. The van der Waals surface area contributed by atoms with Crippen molar-refractivity contribution in [2.24, 2.45) is 0 Å². The second-order valence-corrected chi connectivity index (χ2v) is 4.51. The fourth-order valence-corrected chi connectivity index (χ4v) is 1.86. The van der Waals surface area contributed by atoms with Crippen molar-refractivity contribution < 1.29 is 4.79 Å². The maximum Gasteiger partial charge on any atom is 0.244 e. The summed E-state index contributed by atoms with van der Waals surface area (Å²) in [5, 5.41) is 2.87. The fourth-order valence-electron chi connectivity index (χ4n) is 1.86. The third kappa shape index (κ3) is 2.59. The number of imidazole rings is 1. The van der Waals surface area contributed by atoms with E-state index in [0.717, 1.165) is 22.6 Å². The normalized spacial score (nSPS) is 10.4. The van der Waals surface area contributed by atoms with Crippen molar-refractivity contribution in [1.82, 2.24) is 14.7 Å². The second-order valence-electron chi connectivity index (χ2n) is 4.51. The lowest BCUT2D eigenvalue weighted by Gasteiger charge is -2.04. The van der Waals surface area contributed by atoms with Gasteiger partial charge in [0.15, 0.2) is 0 Å². The largest absolute Gasteiger partial charge is 0.347 e. The molecule has 0 bridgehead atoms. The van der Waals surface area contributed by atoms with E-state index in [1.165, 1.54) is 0 Å². The van der Waals surface area contributed by atoms with Gasteiger partial charge in [-0.3, -0.25) is 4.79 Å². The van der Waals surface area contributed by atoms with Crippen molar-refractivity contribution in [1.29, 1.82) is 0 Å². The Hall–Kier alpha value is -2.10. The van der Waals surface area contributed by atoms with Gasteiger partial charge in [0.05, 0.1) is 17.9 Å². The lowest BCUT2D eigenvalue weighted by atomic mass is 10.3. The molecule has 1 amide bonds. The Morgan fingerprint density at radius 2 is 2.22 bits per heavy atom. The summed E-state index contributed by atoms with van der Waals surface area (Å²) >= 11 is 0. The average molecular weight is 243 g/mol. The molecule has 18 heavy (non-hydrogen) atoms. The monoisotopic (exact) mass is 243 g/mol. The van der Waals surface area contributed by atoms with Crippen LogP contribution in [0.5, 0.6) is 0 Å². The SMILES string of the molecule is CC(C)=CC(=O)NCc1c(C)nc2ccccn12. The molecule has 0 aromatic carbocycles. The van der Waals surface area contributed by atoms with E-state index in [4.69, 9.17) is 0 Å². The maximum atomic E-state index is 11.6. The molecule has 0 fully saturated rings. The van der Waals surface area contributed by atoms with Crippen molar-refractivity contribution in [3.8, 4) is 0 Å². The summed E-state index contributed by atoms with van der Waals surface area (Å²) in [5.74, 6) is -0.0692. The predicted molar refractivity (Wildman–Crippen MR) is 71.2 cm³/mol. The minimum atomic E-state index is -0.0692. The van der Waals surface area contributed by atoms with Gasteiger partial charge < -0.3 is 9.72 Å². The lowest BCUT2D eigenvalue weighted by Crippen LogP contribution is -2.22. The first-order valence-electron chi connectivity index (χ1n) is 5.93. The van der Waals surface area contributed by atoms with Gasteiger partial charge in [-0.2, -0.15) is 0 Å². The maximum absolute atomic E-state index is 11.6. The van der Waals surface area contributed by atoms with Crippen LogP contribution in [0.3, 0.4) is 0 Å². The summed E-state index contributed by atoms with van der Waals surface area (Å²) in [6, 6.07) is 5.86. The first-order valence-corrected chi connectivity index (χ1v) is 5.93. The second kappa shape index (κ2) is 5.04. The number of hydrogen-bond donors (Lipinski definition) is 1. The van der Waals surface area contributed by atoms with E-state index in [1.54, 1.807) is 6.08 Å². The van der Waals surface area contributed by atoms with Gasteiger partial charge in [0.25, 0.3) is 0 Å². The number of rotatable bonds is 3. The quantitative estimate of drug-likeness (QED) is 0.840. The number of nitrogens with one attached hydrogen (secondary N) is 1. The molecule has 0 radical (unpaired) electrons. The van der Waals surface area contributed by atoms with Gasteiger partial charge in [0, 0.05) is 12.3 Å². The number of pyridine rings is 1.